The highest BCUT2D eigenvalue weighted by atomic mass is 31.2. The molecule has 0 aromatic heterocycles. The van der Waals surface area contributed by atoms with E-state index in [2.05, 4.69) is 56.4 Å². The highest BCUT2D eigenvalue weighted by molar-refractivity contribution is 7.47. The Morgan fingerprint density at radius 3 is 1.75 bits per heavy atom. The summed E-state index contributed by atoms with van der Waals surface area (Å²) >= 11 is 0. The predicted octanol–water partition coefficient (Wildman–Crippen LogP) is 11.0. The molecule has 56 heavy (non-hydrogen) atoms. The Bertz CT molecular complexity index is 1210. The second kappa shape index (κ2) is 40.4. The van der Waals surface area contributed by atoms with Gasteiger partial charge in [0.05, 0.1) is 19.3 Å². The van der Waals surface area contributed by atoms with Crippen molar-refractivity contribution in [2.45, 2.75) is 161 Å². The molecule has 11 heteroatoms. The number of phosphoric acid groups is 1. The lowest BCUT2D eigenvalue weighted by molar-refractivity contribution is -0.161. The van der Waals surface area contributed by atoms with Crippen LogP contribution < -0.4 is 5.73 Å². The Labute approximate surface area is 339 Å². The maximum absolute atomic E-state index is 12.5. The van der Waals surface area contributed by atoms with E-state index < -0.39 is 32.5 Å². The number of aliphatic hydroxyl groups is 1. The summed E-state index contributed by atoms with van der Waals surface area (Å²) in [5, 5.41) is 9.89. The molecule has 0 aliphatic rings. The van der Waals surface area contributed by atoms with Crippen molar-refractivity contribution in [2.75, 3.05) is 26.4 Å². The van der Waals surface area contributed by atoms with Crippen molar-refractivity contribution in [3.05, 3.63) is 85.1 Å². The van der Waals surface area contributed by atoms with Crippen molar-refractivity contribution in [3.63, 3.8) is 0 Å². The summed E-state index contributed by atoms with van der Waals surface area (Å²) in [7, 11) is -4.42. The van der Waals surface area contributed by atoms with Crippen molar-refractivity contribution in [3.8, 4) is 0 Å². The van der Waals surface area contributed by atoms with Crippen LogP contribution in [0.5, 0.6) is 0 Å². The third-order valence-electron chi connectivity index (χ3n) is 8.36. The van der Waals surface area contributed by atoms with Crippen LogP contribution in [0.4, 0.5) is 0 Å². The number of unbranched alkanes of at least 4 members (excludes halogenated alkanes) is 10. The van der Waals surface area contributed by atoms with Gasteiger partial charge in [-0.05, 0) is 70.6 Å². The maximum Gasteiger partial charge on any atom is 0.472 e. The van der Waals surface area contributed by atoms with Gasteiger partial charge in [0.1, 0.15) is 6.61 Å². The van der Waals surface area contributed by atoms with Crippen molar-refractivity contribution in [2.24, 2.45) is 5.73 Å². The van der Waals surface area contributed by atoms with Crippen LogP contribution in [0.3, 0.4) is 0 Å². The Balaban J connectivity index is 4.41. The molecule has 320 valence electrons. The van der Waals surface area contributed by atoms with Crippen LogP contribution in [0.25, 0.3) is 0 Å². The summed E-state index contributed by atoms with van der Waals surface area (Å²) in [4.78, 5) is 34.8. The van der Waals surface area contributed by atoms with Gasteiger partial charge >= 0.3 is 19.8 Å². The molecule has 1 unspecified atom stereocenters. The Hall–Kier alpha value is -2.85. The van der Waals surface area contributed by atoms with Gasteiger partial charge in [0.2, 0.25) is 0 Å². The summed E-state index contributed by atoms with van der Waals surface area (Å²) in [6, 6.07) is 0. The average molecular weight is 806 g/mol. The molecule has 10 nitrogen and oxygen atoms in total. The number of ether oxygens (including phenoxy) is 2. The van der Waals surface area contributed by atoms with Crippen molar-refractivity contribution >= 4 is 19.8 Å². The molecule has 3 atom stereocenters. The van der Waals surface area contributed by atoms with E-state index in [-0.39, 0.29) is 38.7 Å². The first kappa shape index (κ1) is 53.1. The van der Waals surface area contributed by atoms with Crippen LogP contribution in [0, 0.1) is 0 Å². The average Bonchev–Trinajstić information content (AvgIpc) is 3.18. The second-order valence-corrected chi connectivity index (χ2v) is 15.2. The Morgan fingerprint density at radius 2 is 1.14 bits per heavy atom. The van der Waals surface area contributed by atoms with Gasteiger partial charge in [-0.15, -0.1) is 0 Å². The molecule has 0 fully saturated rings. The number of rotatable bonds is 38. The zero-order valence-electron chi connectivity index (χ0n) is 34.7. The highest BCUT2D eigenvalue weighted by Crippen LogP contribution is 2.43. The topological polar surface area (TPSA) is 155 Å². The standard InChI is InChI=1S/C45H76NO9P/c1-3-5-7-8-9-10-11-12-13-14-15-16-19-22-25-28-32-36-44(48)52-40-43(41-54-56(50,51)53-39-38-46)55-45(49)37-33-29-26-23-20-17-18-21-24-27-31-35-42(47)34-30-6-4-2/h12-13,15-18,22-27,31,35,42-43,47H,3-11,14,19-21,28-30,32-34,36-41,46H2,1-2H3,(H,50,51)/b13-12-,16-15-,18-17-,25-22-,26-23-,27-24-,35-31+/t42-,43+/m0/s1. The normalized spacial score (nSPS) is 14.7. The van der Waals surface area contributed by atoms with Gasteiger partial charge in [-0.1, -0.05) is 150 Å². The van der Waals surface area contributed by atoms with Gasteiger partial charge in [0, 0.05) is 19.4 Å². The van der Waals surface area contributed by atoms with Gasteiger partial charge in [-0.25, -0.2) is 4.57 Å². The highest BCUT2D eigenvalue weighted by Gasteiger charge is 2.25. The first-order valence-electron chi connectivity index (χ1n) is 21.2. The fourth-order valence-electron chi connectivity index (χ4n) is 5.16. The molecular formula is C45H76NO9P. The lowest BCUT2D eigenvalue weighted by atomic mass is 10.1. The van der Waals surface area contributed by atoms with E-state index in [0.717, 1.165) is 64.2 Å². The van der Waals surface area contributed by atoms with E-state index in [0.29, 0.717) is 19.3 Å². The fraction of sp³-hybridized carbons (Fsp3) is 0.644. The molecule has 0 amide bonds. The Morgan fingerprint density at radius 1 is 0.625 bits per heavy atom. The van der Waals surface area contributed by atoms with Gasteiger partial charge in [-0.2, -0.15) is 0 Å². The molecule has 0 bridgehead atoms. The molecule has 0 aliphatic heterocycles. The molecule has 0 saturated heterocycles. The summed E-state index contributed by atoms with van der Waals surface area (Å²) in [6.45, 7) is 3.44. The number of carbonyl (C=O) groups excluding carboxylic acids is 2. The second-order valence-electron chi connectivity index (χ2n) is 13.7. The smallest absolute Gasteiger partial charge is 0.462 e. The van der Waals surface area contributed by atoms with Crippen molar-refractivity contribution < 1.29 is 42.7 Å². The third kappa shape index (κ3) is 39.4. The lowest BCUT2D eigenvalue weighted by Crippen LogP contribution is -2.29. The lowest BCUT2D eigenvalue weighted by Gasteiger charge is -2.19. The summed E-state index contributed by atoms with van der Waals surface area (Å²) in [5.74, 6) is -0.991. The van der Waals surface area contributed by atoms with E-state index in [1.165, 1.54) is 38.5 Å². The number of phosphoric ester groups is 1. The van der Waals surface area contributed by atoms with Crippen LogP contribution in [0.2, 0.25) is 0 Å². The van der Waals surface area contributed by atoms with E-state index in [9.17, 15) is 24.2 Å². The van der Waals surface area contributed by atoms with Crippen molar-refractivity contribution in [1.29, 1.82) is 0 Å². The molecule has 0 spiro atoms. The van der Waals surface area contributed by atoms with Crippen LogP contribution in [-0.4, -0.2) is 60.5 Å². The molecule has 0 saturated carbocycles. The molecule has 4 N–H and O–H groups in total. The minimum absolute atomic E-state index is 0.0263. The predicted molar refractivity (Wildman–Crippen MR) is 230 cm³/mol. The zero-order valence-corrected chi connectivity index (χ0v) is 35.6. The number of nitrogens with two attached hydrogens (primary N) is 1. The minimum atomic E-state index is -4.42. The van der Waals surface area contributed by atoms with Crippen LogP contribution >= 0.6 is 7.82 Å². The molecule has 0 rings (SSSR count). The summed E-state index contributed by atoms with van der Waals surface area (Å²) < 4.78 is 32.6. The molecule has 0 aliphatic carbocycles. The number of hydrogen-bond acceptors (Lipinski definition) is 9. The zero-order chi connectivity index (χ0) is 41.2. The number of carbonyl (C=O) groups is 2. The molecule has 0 aromatic carbocycles. The largest absolute Gasteiger partial charge is 0.472 e. The quantitative estimate of drug-likeness (QED) is 0.0180. The fourth-order valence-corrected chi connectivity index (χ4v) is 5.93. The van der Waals surface area contributed by atoms with Crippen LogP contribution in [0.15, 0.2) is 85.1 Å². The monoisotopic (exact) mass is 806 g/mol. The van der Waals surface area contributed by atoms with Gasteiger partial charge in [0.25, 0.3) is 0 Å². The molecule has 0 heterocycles. The summed E-state index contributed by atoms with van der Waals surface area (Å²) in [5.41, 5.74) is 5.33. The third-order valence-corrected chi connectivity index (χ3v) is 9.34. The Kier molecular flexibility index (Phi) is 38.3. The number of aliphatic hydroxyl groups excluding tert-OH is 1. The molecule has 0 aromatic rings. The molecular weight excluding hydrogens is 729 g/mol. The van der Waals surface area contributed by atoms with Gasteiger partial charge in [-0.3, -0.25) is 18.6 Å². The number of allylic oxidation sites excluding steroid dienone is 13. The number of esters is 2. The van der Waals surface area contributed by atoms with Crippen molar-refractivity contribution in [1.82, 2.24) is 0 Å². The van der Waals surface area contributed by atoms with Gasteiger partial charge < -0.3 is 25.2 Å². The minimum Gasteiger partial charge on any atom is -0.462 e. The van der Waals surface area contributed by atoms with Crippen LogP contribution in [-0.2, 0) is 32.7 Å². The first-order chi connectivity index (χ1) is 27.2. The summed E-state index contributed by atoms with van der Waals surface area (Å²) in [6.07, 6.45) is 46.7. The maximum atomic E-state index is 12.5. The SMILES string of the molecule is CCCCCCCC/C=C\C/C=C\C/C=C\CCCC(=O)OC[C@H](COP(=O)(O)OCCN)OC(=O)CCC/C=C\C/C=C\C/C=C\C=C\[C@@H](O)CCCCC. The van der Waals surface area contributed by atoms with Gasteiger partial charge in [0.15, 0.2) is 6.10 Å². The molecule has 0 radical (unpaired) electrons. The van der Waals surface area contributed by atoms with E-state index in [1.807, 2.05) is 42.5 Å². The number of hydrogen-bond donors (Lipinski definition) is 3. The van der Waals surface area contributed by atoms with E-state index in [1.54, 1.807) is 0 Å². The van der Waals surface area contributed by atoms with E-state index >= 15 is 0 Å². The van der Waals surface area contributed by atoms with Crippen LogP contribution in [0.1, 0.15) is 149 Å². The van der Waals surface area contributed by atoms with E-state index in [4.69, 9.17) is 24.3 Å². The first-order valence-corrected chi connectivity index (χ1v) is 22.7.